The van der Waals surface area contributed by atoms with Crippen molar-refractivity contribution < 1.29 is 17.4 Å². The molecule has 0 aliphatic rings. The minimum Gasteiger partial charge on any atom is -0.346 e. The van der Waals surface area contributed by atoms with Gasteiger partial charge in [0.1, 0.15) is 0 Å². The van der Waals surface area contributed by atoms with Gasteiger partial charge in [-0.15, -0.1) is 0 Å². The molecule has 0 spiro atoms. The monoisotopic (exact) mass is 372 g/mol. The van der Waals surface area contributed by atoms with Crippen LogP contribution >= 0.6 is 0 Å². The quantitative estimate of drug-likeness (QED) is 0.255. The molecule has 24 heavy (non-hydrogen) atoms. The average Bonchev–Trinajstić information content (AvgIpc) is 2.50. The minimum absolute atomic E-state index is 0. The molecular formula is C17H35NNaO4S. The van der Waals surface area contributed by atoms with Crippen molar-refractivity contribution in [2.24, 2.45) is 0 Å². The molecule has 0 aliphatic heterocycles. The van der Waals surface area contributed by atoms with E-state index in [9.17, 15) is 13.2 Å². The summed E-state index contributed by atoms with van der Waals surface area (Å²) in [6, 6.07) is 0. The number of carbonyl (C=O) groups excluding carboxylic acids is 1. The molecular weight excluding hydrogens is 337 g/mol. The second-order valence-electron chi connectivity index (χ2n) is 6.11. The fourth-order valence-corrected chi connectivity index (χ4v) is 3.29. The number of carbonyl (C=O) groups is 1. The largest absolute Gasteiger partial charge is 0.346 e. The van der Waals surface area contributed by atoms with Gasteiger partial charge in [0.05, 0.1) is 5.75 Å². The van der Waals surface area contributed by atoms with Gasteiger partial charge in [0.25, 0.3) is 0 Å². The molecule has 0 aromatic heterocycles. The third-order valence-electron chi connectivity index (χ3n) is 3.81. The summed E-state index contributed by atoms with van der Waals surface area (Å²) in [7, 11) is -2.06. The molecule has 139 valence electrons. The third-order valence-corrected chi connectivity index (χ3v) is 4.95. The van der Waals surface area contributed by atoms with E-state index in [4.69, 9.17) is 0 Å². The molecule has 0 unspecified atom stereocenters. The number of unbranched alkanes of at least 4 members (excludes halogenated alkanes) is 10. The van der Waals surface area contributed by atoms with E-state index in [0.717, 1.165) is 12.8 Å². The van der Waals surface area contributed by atoms with Crippen LogP contribution in [-0.2, 0) is 19.1 Å². The van der Waals surface area contributed by atoms with Crippen molar-refractivity contribution >= 4 is 45.6 Å². The van der Waals surface area contributed by atoms with Crippen molar-refractivity contribution in [3.8, 4) is 0 Å². The summed E-state index contributed by atoms with van der Waals surface area (Å²) >= 11 is 0. The van der Waals surface area contributed by atoms with E-state index in [1.54, 1.807) is 7.05 Å². The van der Waals surface area contributed by atoms with E-state index in [2.05, 4.69) is 16.4 Å². The SMILES string of the molecule is CCCCCCCCCCCCCC(=O)OS(=O)(=O)CCNC.[Na]. The fourth-order valence-electron chi connectivity index (χ4n) is 2.39. The van der Waals surface area contributed by atoms with Gasteiger partial charge < -0.3 is 9.50 Å². The topological polar surface area (TPSA) is 72.5 Å². The van der Waals surface area contributed by atoms with Crippen molar-refractivity contribution in [3.05, 3.63) is 0 Å². The van der Waals surface area contributed by atoms with E-state index < -0.39 is 16.1 Å². The number of nitrogens with one attached hydrogen (secondary N) is 1. The Kier molecular flexibility index (Phi) is 20.2. The maximum absolute atomic E-state index is 11.5. The zero-order chi connectivity index (χ0) is 17.4. The van der Waals surface area contributed by atoms with Gasteiger partial charge in [-0.05, 0) is 13.5 Å². The summed E-state index contributed by atoms with van der Waals surface area (Å²) in [4.78, 5) is 11.5. The Morgan fingerprint density at radius 1 is 0.875 bits per heavy atom. The molecule has 0 atom stereocenters. The van der Waals surface area contributed by atoms with Gasteiger partial charge in [-0.2, -0.15) is 8.42 Å². The van der Waals surface area contributed by atoms with Gasteiger partial charge >= 0.3 is 16.1 Å². The van der Waals surface area contributed by atoms with Crippen LogP contribution in [0.1, 0.15) is 84.0 Å². The Morgan fingerprint density at radius 3 is 1.79 bits per heavy atom. The normalized spacial score (nSPS) is 11.1. The average molecular weight is 373 g/mol. The first kappa shape index (κ1) is 26.6. The van der Waals surface area contributed by atoms with Crippen LogP contribution in [-0.4, -0.2) is 63.3 Å². The van der Waals surface area contributed by atoms with Crippen molar-refractivity contribution in [2.45, 2.75) is 84.0 Å². The molecule has 0 aliphatic carbocycles. The Hall–Kier alpha value is 0.380. The van der Waals surface area contributed by atoms with Crippen LogP contribution < -0.4 is 5.32 Å². The van der Waals surface area contributed by atoms with Gasteiger partial charge in [-0.1, -0.05) is 71.1 Å². The summed E-state index contributed by atoms with van der Waals surface area (Å²) < 4.78 is 27.4. The molecule has 0 saturated heterocycles. The van der Waals surface area contributed by atoms with Crippen LogP contribution in [0.3, 0.4) is 0 Å². The fraction of sp³-hybridized carbons (Fsp3) is 0.941. The maximum atomic E-state index is 11.5. The van der Waals surface area contributed by atoms with Crippen LogP contribution in [0.25, 0.3) is 0 Å². The molecule has 0 saturated carbocycles. The molecule has 0 rings (SSSR count). The van der Waals surface area contributed by atoms with Gasteiger partial charge in [0, 0.05) is 42.5 Å². The minimum atomic E-state index is -3.72. The summed E-state index contributed by atoms with van der Waals surface area (Å²) in [5.41, 5.74) is 0. The zero-order valence-electron chi connectivity index (χ0n) is 15.9. The van der Waals surface area contributed by atoms with Crippen LogP contribution in [0.15, 0.2) is 0 Å². The van der Waals surface area contributed by atoms with Crippen molar-refractivity contribution in [3.63, 3.8) is 0 Å². The zero-order valence-corrected chi connectivity index (χ0v) is 18.8. The number of hydrogen-bond donors (Lipinski definition) is 1. The second kappa shape index (κ2) is 18.2. The predicted octanol–water partition coefficient (Wildman–Crippen LogP) is 3.40. The molecule has 0 bridgehead atoms. The molecule has 1 N–H and O–H groups in total. The Balaban J connectivity index is 0. The van der Waals surface area contributed by atoms with Gasteiger partial charge in [-0.3, -0.25) is 4.79 Å². The first-order chi connectivity index (χ1) is 11.0. The smallest absolute Gasteiger partial charge is 0.322 e. The molecule has 1 radical (unpaired) electrons. The first-order valence-electron chi connectivity index (χ1n) is 9.11. The first-order valence-corrected chi connectivity index (χ1v) is 10.7. The van der Waals surface area contributed by atoms with Gasteiger partial charge in [0.15, 0.2) is 0 Å². The molecule has 7 heteroatoms. The predicted molar refractivity (Wildman–Crippen MR) is 101 cm³/mol. The molecule has 5 nitrogen and oxygen atoms in total. The van der Waals surface area contributed by atoms with E-state index in [1.165, 1.54) is 51.4 Å². The number of hydrogen-bond acceptors (Lipinski definition) is 5. The van der Waals surface area contributed by atoms with E-state index in [-0.39, 0.29) is 48.3 Å². The van der Waals surface area contributed by atoms with E-state index >= 15 is 0 Å². The molecule has 0 fully saturated rings. The number of rotatable bonds is 16. The summed E-state index contributed by atoms with van der Waals surface area (Å²) in [5, 5.41) is 2.72. The molecule has 0 amide bonds. The third kappa shape index (κ3) is 18.7. The van der Waals surface area contributed by atoms with Gasteiger partial charge in [-0.25, -0.2) is 0 Å². The van der Waals surface area contributed by atoms with Crippen LogP contribution in [0.2, 0.25) is 0 Å². The molecule has 0 aromatic rings. The molecule has 0 aromatic carbocycles. The maximum Gasteiger partial charge on any atom is 0.322 e. The van der Waals surface area contributed by atoms with Crippen molar-refractivity contribution in [1.29, 1.82) is 0 Å². The Bertz CT molecular complexity index is 388. The standard InChI is InChI=1S/C17H35NO4S.Na/c1-3-4-5-6-7-8-9-10-11-12-13-14-17(19)22-23(20,21)16-15-18-2;/h18H,3-16H2,1-2H3;. The Morgan fingerprint density at radius 2 is 1.33 bits per heavy atom. The summed E-state index contributed by atoms with van der Waals surface area (Å²) in [6.07, 6.45) is 13.4. The summed E-state index contributed by atoms with van der Waals surface area (Å²) in [5.74, 6) is -0.801. The van der Waals surface area contributed by atoms with E-state index in [0.29, 0.717) is 6.42 Å². The Labute approximate surface area is 171 Å². The van der Waals surface area contributed by atoms with E-state index in [1.807, 2.05) is 0 Å². The summed E-state index contributed by atoms with van der Waals surface area (Å²) in [6.45, 7) is 2.52. The van der Waals surface area contributed by atoms with Crippen molar-refractivity contribution in [2.75, 3.05) is 19.3 Å². The van der Waals surface area contributed by atoms with Crippen LogP contribution in [0.4, 0.5) is 0 Å². The van der Waals surface area contributed by atoms with Crippen LogP contribution in [0.5, 0.6) is 0 Å². The second-order valence-corrected chi connectivity index (χ2v) is 7.80. The van der Waals surface area contributed by atoms with Gasteiger partial charge in [0.2, 0.25) is 0 Å². The van der Waals surface area contributed by atoms with Crippen molar-refractivity contribution in [1.82, 2.24) is 5.32 Å². The van der Waals surface area contributed by atoms with Crippen LogP contribution in [0, 0.1) is 0 Å². The molecule has 0 heterocycles.